The molecule has 0 saturated heterocycles. The minimum Gasteiger partial charge on any atom is -0.389 e. The summed E-state index contributed by atoms with van der Waals surface area (Å²) in [5.74, 6) is 3.01. The van der Waals surface area contributed by atoms with Crippen molar-refractivity contribution in [1.82, 2.24) is 0 Å². The highest BCUT2D eigenvalue weighted by Crippen LogP contribution is 2.64. The van der Waals surface area contributed by atoms with E-state index < -0.39 is 0 Å². The maximum atomic E-state index is 12.6. The molecule has 0 aromatic carbocycles. The Kier molecular flexibility index (Phi) is 3.44. The minimum atomic E-state index is -0.247. The highest BCUT2D eigenvalue weighted by atomic mass is 79.9. The number of aliphatic hydroxyl groups excluding tert-OH is 1. The van der Waals surface area contributed by atoms with Crippen molar-refractivity contribution in [3.05, 3.63) is 12.2 Å². The Morgan fingerprint density at radius 2 is 1.95 bits per heavy atom. The highest BCUT2D eigenvalue weighted by molar-refractivity contribution is 9.10. The summed E-state index contributed by atoms with van der Waals surface area (Å²) < 4.78 is 0. The van der Waals surface area contributed by atoms with Crippen LogP contribution < -0.4 is 0 Å². The van der Waals surface area contributed by atoms with Gasteiger partial charge in [0.1, 0.15) is 0 Å². The second-order valence-corrected chi connectivity index (χ2v) is 9.81. The summed E-state index contributed by atoms with van der Waals surface area (Å²) >= 11 is 3.64. The maximum absolute atomic E-state index is 12.6. The summed E-state index contributed by atoms with van der Waals surface area (Å²) in [6.45, 7) is 4.65. The molecule has 0 aromatic rings. The van der Waals surface area contributed by atoms with Gasteiger partial charge in [-0.25, -0.2) is 0 Å². The van der Waals surface area contributed by atoms with Gasteiger partial charge in [-0.1, -0.05) is 41.9 Å². The standard InChI is InChI=1S/C19H27BrO2/c1-18-7-5-12(21)9-11(18)3-4-13-14(18)6-8-19(2)15(13)10-16(20)17(19)22/h5,7,11-16,21H,3-4,6,8-10H2,1-2H3/t11?,12?,13-,14-,15+,16?,18+,19+/m1/s1. The third-order valence-corrected chi connectivity index (χ3v) is 8.66. The molecule has 4 rings (SSSR count). The van der Waals surface area contributed by atoms with E-state index >= 15 is 0 Å². The first-order valence-electron chi connectivity index (χ1n) is 8.92. The van der Waals surface area contributed by atoms with Gasteiger partial charge in [0.2, 0.25) is 0 Å². The molecule has 3 heteroatoms. The first kappa shape index (κ1) is 15.4. The molecule has 0 aliphatic heterocycles. The highest BCUT2D eigenvalue weighted by Gasteiger charge is 2.61. The van der Waals surface area contributed by atoms with E-state index in [4.69, 9.17) is 0 Å². The zero-order valence-corrected chi connectivity index (χ0v) is 15.2. The summed E-state index contributed by atoms with van der Waals surface area (Å²) in [5.41, 5.74) is 0.146. The van der Waals surface area contributed by atoms with Crippen LogP contribution in [0.5, 0.6) is 0 Å². The molecule has 0 heterocycles. The summed E-state index contributed by atoms with van der Waals surface area (Å²) in [5, 5.41) is 9.98. The van der Waals surface area contributed by atoms with Crippen molar-refractivity contribution in [2.75, 3.05) is 0 Å². The maximum Gasteiger partial charge on any atom is 0.152 e. The molecule has 0 spiro atoms. The second kappa shape index (κ2) is 4.92. The fourth-order valence-corrected chi connectivity index (χ4v) is 7.46. The number of rotatable bonds is 0. The van der Waals surface area contributed by atoms with Gasteiger partial charge in [-0.15, -0.1) is 0 Å². The number of allylic oxidation sites excluding steroid dienone is 1. The van der Waals surface area contributed by atoms with Gasteiger partial charge in [-0.05, 0) is 67.6 Å². The molecule has 3 fully saturated rings. The number of Topliss-reactive ketones (excluding diaryl/α,β-unsaturated/α-hetero) is 1. The number of carbonyl (C=O) groups is 1. The van der Waals surface area contributed by atoms with E-state index in [9.17, 15) is 9.90 Å². The van der Waals surface area contributed by atoms with Gasteiger partial charge in [0.05, 0.1) is 10.9 Å². The number of aliphatic hydroxyl groups is 1. The molecule has 22 heavy (non-hydrogen) atoms. The zero-order chi connectivity index (χ0) is 15.7. The van der Waals surface area contributed by atoms with Crippen molar-refractivity contribution < 1.29 is 9.90 Å². The fraction of sp³-hybridized carbons (Fsp3) is 0.842. The molecule has 4 aliphatic rings. The van der Waals surface area contributed by atoms with Crippen molar-refractivity contribution in [3.63, 3.8) is 0 Å². The molecule has 0 radical (unpaired) electrons. The predicted octanol–water partition coefficient (Wildman–Crippen LogP) is 4.11. The van der Waals surface area contributed by atoms with Crippen LogP contribution in [0.25, 0.3) is 0 Å². The Hall–Kier alpha value is -0.150. The Balaban J connectivity index is 1.68. The summed E-state index contributed by atoms with van der Waals surface area (Å²) in [7, 11) is 0. The van der Waals surface area contributed by atoms with Gasteiger partial charge >= 0.3 is 0 Å². The minimum absolute atomic E-state index is 0.0792. The molecular weight excluding hydrogens is 340 g/mol. The molecule has 122 valence electrons. The first-order chi connectivity index (χ1) is 10.4. The summed E-state index contributed by atoms with van der Waals surface area (Å²) in [6, 6.07) is 0. The molecule has 0 aromatic heterocycles. The number of carbonyl (C=O) groups excluding carboxylic acids is 1. The molecule has 0 amide bonds. The summed E-state index contributed by atoms with van der Waals surface area (Å²) in [6.07, 6.45) is 10.8. The molecule has 3 unspecified atom stereocenters. The van der Waals surface area contributed by atoms with Crippen LogP contribution in [0, 0.1) is 34.5 Å². The summed E-state index contributed by atoms with van der Waals surface area (Å²) in [4.78, 5) is 12.7. The lowest BCUT2D eigenvalue weighted by molar-refractivity contribution is -0.134. The van der Waals surface area contributed by atoms with Crippen LogP contribution in [0.3, 0.4) is 0 Å². The Bertz CT molecular complexity index is 530. The van der Waals surface area contributed by atoms with E-state index in [1.54, 1.807) is 0 Å². The SMILES string of the molecule is C[C@]12C=CC(O)CC1CC[C@@H]1[C@H]2CC[C@]2(C)C(=O)C(Br)C[C@@H]12. The van der Waals surface area contributed by atoms with Crippen molar-refractivity contribution in [1.29, 1.82) is 0 Å². The van der Waals surface area contributed by atoms with Gasteiger partial charge in [0, 0.05) is 5.41 Å². The molecule has 2 nitrogen and oxygen atoms in total. The van der Waals surface area contributed by atoms with E-state index in [2.05, 4.69) is 35.9 Å². The average Bonchev–Trinajstić information content (AvgIpc) is 2.72. The number of halogens is 1. The van der Waals surface area contributed by atoms with E-state index in [-0.39, 0.29) is 21.8 Å². The number of hydrogen-bond acceptors (Lipinski definition) is 2. The topological polar surface area (TPSA) is 37.3 Å². The lowest BCUT2D eigenvalue weighted by Gasteiger charge is -2.58. The number of fused-ring (bicyclic) bond motifs is 5. The first-order valence-corrected chi connectivity index (χ1v) is 9.83. The zero-order valence-electron chi connectivity index (χ0n) is 13.6. The molecule has 3 saturated carbocycles. The number of ketones is 1. The normalized spacial score (nSPS) is 57.2. The van der Waals surface area contributed by atoms with Gasteiger partial charge in [0.25, 0.3) is 0 Å². The van der Waals surface area contributed by atoms with Crippen molar-refractivity contribution in [2.24, 2.45) is 34.5 Å². The van der Waals surface area contributed by atoms with Crippen molar-refractivity contribution in [2.45, 2.75) is 63.3 Å². The van der Waals surface area contributed by atoms with Crippen LogP contribution in [-0.4, -0.2) is 21.8 Å². The van der Waals surface area contributed by atoms with Gasteiger partial charge < -0.3 is 5.11 Å². The van der Waals surface area contributed by atoms with E-state index in [1.807, 2.05) is 6.08 Å². The van der Waals surface area contributed by atoms with Gasteiger partial charge in [0.15, 0.2) is 5.78 Å². The van der Waals surface area contributed by atoms with Crippen LogP contribution in [-0.2, 0) is 4.79 Å². The Morgan fingerprint density at radius 1 is 1.18 bits per heavy atom. The molecule has 1 N–H and O–H groups in total. The van der Waals surface area contributed by atoms with Crippen molar-refractivity contribution in [3.8, 4) is 0 Å². The largest absolute Gasteiger partial charge is 0.389 e. The van der Waals surface area contributed by atoms with Crippen LogP contribution in [0.2, 0.25) is 0 Å². The van der Waals surface area contributed by atoms with Crippen molar-refractivity contribution >= 4 is 21.7 Å². The molecule has 8 atom stereocenters. The monoisotopic (exact) mass is 366 g/mol. The van der Waals surface area contributed by atoms with E-state index in [0.717, 1.165) is 19.3 Å². The van der Waals surface area contributed by atoms with Crippen LogP contribution in [0.4, 0.5) is 0 Å². The second-order valence-electron chi connectivity index (χ2n) is 8.70. The van der Waals surface area contributed by atoms with Gasteiger partial charge in [-0.2, -0.15) is 0 Å². The average molecular weight is 367 g/mol. The predicted molar refractivity (Wildman–Crippen MR) is 90.7 cm³/mol. The van der Waals surface area contributed by atoms with Crippen LogP contribution in [0.1, 0.15) is 52.4 Å². The number of alkyl halides is 1. The lowest BCUT2D eigenvalue weighted by atomic mass is 9.46. The molecule has 4 aliphatic carbocycles. The third kappa shape index (κ3) is 1.90. The molecule has 0 bridgehead atoms. The van der Waals surface area contributed by atoms with E-state index in [1.165, 1.54) is 19.3 Å². The fourth-order valence-electron chi connectivity index (χ4n) is 6.54. The molecular formula is C19H27BrO2. The Morgan fingerprint density at radius 3 is 2.73 bits per heavy atom. The quantitative estimate of drug-likeness (QED) is 0.517. The smallest absolute Gasteiger partial charge is 0.152 e. The Labute approximate surface area is 141 Å². The van der Waals surface area contributed by atoms with Crippen LogP contribution in [0.15, 0.2) is 12.2 Å². The van der Waals surface area contributed by atoms with Crippen LogP contribution >= 0.6 is 15.9 Å². The van der Waals surface area contributed by atoms with Gasteiger partial charge in [-0.3, -0.25) is 4.79 Å². The third-order valence-electron chi connectivity index (χ3n) is 7.87. The van der Waals surface area contributed by atoms with E-state index in [0.29, 0.717) is 29.5 Å². The number of hydrogen-bond donors (Lipinski definition) is 1. The lowest BCUT2D eigenvalue weighted by Crippen LogP contribution is -2.52.